The van der Waals surface area contributed by atoms with Crippen molar-refractivity contribution in [1.29, 1.82) is 0 Å². The summed E-state index contributed by atoms with van der Waals surface area (Å²) in [6.45, 7) is 9.27. The topological polar surface area (TPSA) is 64.0 Å². The highest BCUT2D eigenvalue weighted by molar-refractivity contribution is 7.90. The van der Waals surface area contributed by atoms with Crippen molar-refractivity contribution in [2.45, 2.75) is 51.4 Å². The lowest BCUT2D eigenvalue weighted by atomic mass is 10.1. The van der Waals surface area contributed by atoms with E-state index in [0.29, 0.717) is 11.0 Å². The molecule has 0 unspecified atom stereocenters. The number of alkyl halides is 2. The second-order valence-corrected chi connectivity index (χ2v) is 8.97. The Balaban J connectivity index is 0.000000396. The van der Waals surface area contributed by atoms with Crippen molar-refractivity contribution in [1.82, 2.24) is 14.3 Å². The molecule has 8 heteroatoms. The Morgan fingerprint density at radius 3 is 2.30 bits per heavy atom. The van der Waals surface area contributed by atoms with Gasteiger partial charge in [-0.2, -0.15) is 0 Å². The van der Waals surface area contributed by atoms with E-state index in [-0.39, 0.29) is 10.5 Å². The lowest BCUT2D eigenvalue weighted by Gasteiger charge is -2.13. The molecular weight excluding hydrogens is 408 g/mol. The summed E-state index contributed by atoms with van der Waals surface area (Å²) in [5.41, 5.74) is 1.47. The molecule has 5 nitrogen and oxygen atoms in total. The van der Waals surface area contributed by atoms with Gasteiger partial charge in [0.15, 0.2) is 0 Å². The zero-order valence-electron chi connectivity index (χ0n) is 17.8. The molecule has 2 aromatic carbocycles. The quantitative estimate of drug-likeness (QED) is 0.523. The van der Waals surface area contributed by atoms with Crippen molar-refractivity contribution in [2.24, 2.45) is 0 Å². The molecule has 1 N–H and O–H groups in total. The van der Waals surface area contributed by atoms with Gasteiger partial charge in [-0.25, -0.2) is 26.2 Å². The molecule has 0 saturated carbocycles. The maximum absolute atomic E-state index is 13.5. The van der Waals surface area contributed by atoms with Crippen molar-refractivity contribution in [3.63, 3.8) is 0 Å². The molecule has 1 heterocycles. The summed E-state index contributed by atoms with van der Waals surface area (Å²) in [6.07, 6.45) is 3.70. The molecule has 0 atom stereocenters. The number of halogens is 2. The van der Waals surface area contributed by atoms with Crippen molar-refractivity contribution in [2.75, 3.05) is 13.1 Å². The van der Waals surface area contributed by atoms with Crippen LogP contribution in [0, 0.1) is 6.92 Å². The van der Waals surface area contributed by atoms with E-state index in [0.717, 1.165) is 22.5 Å². The molecule has 0 amide bonds. The summed E-state index contributed by atoms with van der Waals surface area (Å²) in [5.74, 6) is -3.11. The molecule has 0 bridgehead atoms. The van der Waals surface area contributed by atoms with Crippen LogP contribution in [-0.4, -0.2) is 30.5 Å². The molecule has 0 fully saturated rings. The van der Waals surface area contributed by atoms with Crippen LogP contribution in [0.4, 0.5) is 8.78 Å². The van der Waals surface area contributed by atoms with Crippen molar-refractivity contribution >= 4 is 21.1 Å². The van der Waals surface area contributed by atoms with Crippen molar-refractivity contribution in [3.05, 3.63) is 59.9 Å². The number of nitrogens with one attached hydrogen (secondary N) is 1. The number of nitrogens with zero attached hydrogens (tertiary/aromatic N) is 2. The number of hydrogen-bond acceptors (Lipinski definition) is 4. The first-order valence-electron chi connectivity index (χ1n) is 10.00. The summed E-state index contributed by atoms with van der Waals surface area (Å²) >= 11 is 0. The van der Waals surface area contributed by atoms with Crippen LogP contribution in [-0.2, 0) is 15.9 Å². The second kappa shape index (κ2) is 10.1. The Morgan fingerprint density at radius 2 is 1.70 bits per heavy atom. The molecule has 0 spiro atoms. The molecule has 164 valence electrons. The van der Waals surface area contributed by atoms with Gasteiger partial charge in [-0.1, -0.05) is 38.1 Å². The maximum atomic E-state index is 13.5. The Morgan fingerprint density at radius 1 is 1.07 bits per heavy atom. The third kappa shape index (κ3) is 5.64. The van der Waals surface area contributed by atoms with Crippen LogP contribution in [0.15, 0.2) is 53.7 Å². The molecule has 3 rings (SSSR count). The highest BCUT2D eigenvalue weighted by Gasteiger charge is 2.27. The predicted molar refractivity (Wildman–Crippen MR) is 117 cm³/mol. The SMILES string of the molecule is CCCNCCC.Cc1cccc2c1ncn2S(=O)(=O)c1cccc(C(C)(F)F)c1. The fourth-order valence-electron chi connectivity index (χ4n) is 2.87. The predicted octanol–water partition coefficient (Wildman–Crippen LogP) is 5.09. The Bertz CT molecular complexity index is 1070. The average Bonchev–Trinajstić information content (AvgIpc) is 3.15. The van der Waals surface area contributed by atoms with Gasteiger partial charge >= 0.3 is 0 Å². The lowest BCUT2D eigenvalue weighted by Crippen LogP contribution is -2.14. The molecule has 0 aliphatic heterocycles. The Hall–Kier alpha value is -2.32. The summed E-state index contributed by atoms with van der Waals surface area (Å²) in [6, 6.07) is 9.99. The van der Waals surface area contributed by atoms with Crippen LogP contribution in [0.2, 0.25) is 0 Å². The average molecular weight is 438 g/mol. The smallest absolute Gasteiger partial charge is 0.270 e. The zero-order valence-corrected chi connectivity index (χ0v) is 18.6. The fraction of sp³-hybridized carbons (Fsp3) is 0.409. The van der Waals surface area contributed by atoms with Gasteiger partial charge in [0.05, 0.1) is 15.9 Å². The number of hydrogen-bond donors (Lipinski definition) is 1. The van der Waals surface area contributed by atoms with Crippen molar-refractivity contribution < 1.29 is 17.2 Å². The van der Waals surface area contributed by atoms with Crippen LogP contribution in [0.1, 0.15) is 44.7 Å². The molecule has 0 radical (unpaired) electrons. The van der Waals surface area contributed by atoms with Gasteiger partial charge in [-0.3, -0.25) is 0 Å². The van der Waals surface area contributed by atoms with Gasteiger partial charge in [0.25, 0.3) is 15.9 Å². The molecule has 0 aliphatic rings. The zero-order chi connectivity index (χ0) is 22.4. The van der Waals surface area contributed by atoms with E-state index in [1.54, 1.807) is 12.1 Å². The number of aromatic nitrogens is 2. The van der Waals surface area contributed by atoms with Crippen LogP contribution in [0.5, 0.6) is 0 Å². The van der Waals surface area contributed by atoms with E-state index in [1.165, 1.54) is 50.5 Å². The minimum absolute atomic E-state index is 0.197. The molecular formula is C22H29F2N3O2S. The summed E-state index contributed by atoms with van der Waals surface area (Å²) in [4.78, 5) is 3.92. The lowest BCUT2D eigenvalue weighted by molar-refractivity contribution is 0.0172. The molecule has 3 aromatic rings. The first-order chi connectivity index (χ1) is 14.1. The van der Waals surface area contributed by atoms with Crippen LogP contribution in [0.3, 0.4) is 0 Å². The van der Waals surface area contributed by atoms with Gasteiger partial charge in [0, 0.05) is 12.5 Å². The van der Waals surface area contributed by atoms with Crippen LogP contribution in [0.25, 0.3) is 11.0 Å². The van der Waals surface area contributed by atoms with E-state index >= 15 is 0 Å². The highest BCUT2D eigenvalue weighted by Crippen LogP contribution is 2.29. The largest absolute Gasteiger partial charge is 0.317 e. The summed E-state index contributed by atoms with van der Waals surface area (Å²) < 4.78 is 53.5. The Labute approximate surface area is 177 Å². The van der Waals surface area contributed by atoms with Gasteiger partial charge in [0.1, 0.15) is 6.33 Å². The number of rotatable bonds is 7. The van der Waals surface area contributed by atoms with Gasteiger partial charge in [-0.15, -0.1) is 0 Å². The number of imidazole rings is 1. The van der Waals surface area contributed by atoms with Gasteiger partial charge in [-0.05, 0) is 56.6 Å². The normalized spacial score (nSPS) is 11.9. The van der Waals surface area contributed by atoms with E-state index in [4.69, 9.17) is 0 Å². The van der Waals surface area contributed by atoms with E-state index in [2.05, 4.69) is 24.1 Å². The minimum Gasteiger partial charge on any atom is -0.317 e. The third-order valence-corrected chi connectivity index (χ3v) is 6.16. The third-order valence-electron chi connectivity index (χ3n) is 4.50. The minimum atomic E-state index is -4.00. The van der Waals surface area contributed by atoms with Crippen LogP contribution < -0.4 is 5.32 Å². The number of aryl methyl sites for hydroxylation is 1. The highest BCUT2D eigenvalue weighted by atomic mass is 32.2. The number of benzene rings is 2. The standard InChI is InChI=1S/C16H14F2N2O2S.C6H15N/c1-11-5-3-8-14-15(11)19-10-20(14)23(21,22)13-7-4-6-12(9-13)16(2,17)18;1-3-5-7-6-4-2/h3-10H,1-2H3;7H,3-6H2,1-2H3. The molecule has 1 aromatic heterocycles. The summed E-state index contributed by atoms with van der Waals surface area (Å²) in [5, 5.41) is 3.28. The molecule has 0 saturated heterocycles. The Kier molecular flexibility index (Phi) is 8.09. The van der Waals surface area contributed by atoms with Gasteiger partial charge in [0.2, 0.25) is 0 Å². The van der Waals surface area contributed by atoms with E-state index < -0.39 is 15.9 Å². The molecule has 30 heavy (non-hydrogen) atoms. The van der Waals surface area contributed by atoms with Gasteiger partial charge < -0.3 is 5.32 Å². The van der Waals surface area contributed by atoms with Crippen LogP contribution >= 0.6 is 0 Å². The number of fused-ring (bicyclic) bond motifs is 1. The second-order valence-electron chi connectivity index (χ2n) is 7.15. The first kappa shape index (κ1) is 24.0. The van der Waals surface area contributed by atoms with Crippen molar-refractivity contribution in [3.8, 4) is 0 Å². The monoisotopic (exact) mass is 437 g/mol. The van der Waals surface area contributed by atoms with E-state index in [9.17, 15) is 17.2 Å². The summed E-state index contributed by atoms with van der Waals surface area (Å²) in [7, 11) is -4.00. The first-order valence-corrected chi connectivity index (χ1v) is 11.4. The van der Waals surface area contributed by atoms with E-state index in [1.807, 2.05) is 13.0 Å². The maximum Gasteiger partial charge on any atom is 0.270 e. The number of para-hydroxylation sites is 1. The molecule has 0 aliphatic carbocycles. The fourth-order valence-corrected chi connectivity index (χ4v) is 4.21.